The predicted octanol–water partition coefficient (Wildman–Crippen LogP) is -1.70. The summed E-state index contributed by atoms with van der Waals surface area (Å²) in [5.41, 5.74) is 1.72. The van der Waals surface area contributed by atoms with Gasteiger partial charge < -0.3 is 9.80 Å². The summed E-state index contributed by atoms with van der Waals surface area (Å²) in [7, 11) is 1.37. The number of carbonyl (C=O) groups excluding carboxylic acids is 3. The number of nitrogens with one attached hydrogen (secondary N) is 1. The van der Waals surface area contributed by atoms with Crippen LogP contribution < -0.4 is 11.3 Å². The van der Waals surface area contributed by atoms with Crippen LogP contribution in [0, 0.1) is 0 Å². The molecule has 0 spiro atoms. The third-order valence-corrected chi connectivity index (χ3v) is 2.16. The summed E-state index contributed by atoms with van der Waals surface area (Å²) < 4.78 is 0. The Morgan fingerprint density at radius 1 is 1.19 bits per heavy atom. The molecular formula is C9H18N4O3. The van der Waals surface area contributed by atoms with Crippen molar-refractivity contribution in [1.29, 1.82) is 0 Å². The van der Waals surface area contributed by atoms with E-state index in [0.29, 0.717) is 13.1 Å². The van der Waals surface area contributed by atoms with E-state index in [4.69, 9.17) is 5.84 Å². The second kappa shape index (κ2) is 6.78. The fraction of sp³-hybridized carbons (Fsp3) is 0.667. The Morgan fingerprint density at radius 2 is 1.69 bits per heavy atom. The van der Waals surface area contributed by atoms with E-state index in [2.05, 4.69) is 0 Å². The molecule has 0 aromatic rings. The SMILES string of the molecule is CCN(CC)C(=O)CN(C)C(=O)C(=O)NN. The van der Waals surface area contributed by atoms with E-state index in [1.165, 1.54) is 7.05 Å². The van der Waals surface area contributed by atoms with Gasteiger partial charge in [0.1, 0.15) is 0 Å². The standard InChI is InChI=1S/C9H18N4O3/c1-4-13(5-2)7(14)6-12(3)9(16)8(15)11-10/h4-6,10H2,1-3H3,(H,11,15). The van der Waals surface area contributed by atoms with Crippen LogP contribution in [-0.4, -0.2) is 54.2 Å². The zero-order valence-corrected chi connectivity index (χ0v) is 9.82. The number of likely N-dealkylation sites (N-methyl/N-ethyl adjacent to an activating group) is 2. The lowest BCUT2D eigenvalue weighted by atomic mass is 10.4. The van der Waals surface area contributed by atoms with Gasteiger partial charge in [-0.15, -0.1) is 0 Å². The monoisotopic (exact) mass is 230 g/mol. The van der Waals surface area contributed by atoms with E-state index in [1.54, 1.807) is 10.3 Å². The number of hydrazine groups is 1. The molecule has 0 aromatic heterocycles. The smallest absolute Gasteiger partial charge is 0.323 e. The first-order valence-electron chi connectivity index (χ1n) is 5.01. The van der Waals surface area contributed by atoms with E-state index in [0.717, 1.165) is 4.90 Å². The number of rotatable bonds is 4. The zero-order chi connectivity index (χ0) is 12.7. The van der Waals surface area contributed by atoms with Crippen molar-refractivity contribution < 1.29 is 14.4 Å². The van der Waals surface area contributed by atoms with Gasteiger partial charge in [-0.05, 0) is 13.8 Å². The Morgan fingerprint density at radius 3 is 2.06 bits per heavy atom. The average molecular weight is 230 g/mol. The maximum absolute atomic E-state index is 11.6. The van der Waals surface area contributed by atoms with Crippen LogP contribution in [0.2, 0.25) is 0 Å². The van der Waals surface area contributed by atoms with E-state index in [9.17, 15) is 14.4 Å². The van der Waals surface area contributed by atoms with Crippen molar-refractivity contribution in [2.24, 2.45) is 5.84 Å². The molecule has 7 heteroatoms. The minimum atomic E-state index is -0.935. The Bertz CT molecular complexity index is 276. The second-order valence-electron chi connectivity index (χ2n) is 3.20. The summed E-state index contributed by atoms with van der Waals surface area (Å²) in [4.78, 5) is 36.4. The third-order valence-electron chi connectivity index (χ3n) is 2.16. The quantitative estimate of drug-likeness (QED) is 0.260. The molecule has 0 saturated carbocycles. The highest BCUT2D eigenvalue weighted by molar-refractivity contribution is 6.35. The number of nitrogens with two attached hydrogens (primary N) is 1. The second-order valence-corrected chi connectivity index (χ2v) is 3.20. The zero-order valence-electron chi connectivity index (χ0n) is 9.82. The highest BCUT2D eigenvalue weighted by Gasteiger charge is 2.21. The number of nitrogens with zero attached hydrogens (tertiary/aromatic N) is 2. The lowest BCUT2D eigenvalue weighted by molar-refractivity contribution is -0.147. The fourth-order valence-electron chi connectivity index (χ4n) is 1.19. The molecule has 0 bridgehead atoms. The summed E-state index contributed by atoms with van der Waals surface area (Å²) in [6, 6.07) is 0. The molecule has 0 heterocycles. The highest BCUT2D eigenvalue weighted by atomic mass is 16.2. The van der Waals surface area contributed by atoms with Gasteiger partial charge >= 0.3 is 11.8 Å². The van der Waals surface area contributed by atoms with Crippen LogP contribution in [0.4, 0.5) is 0 Å². The van der Waals surface area contributed by atoms with Crippen molar-refractivity contribution in [2.45, 2.75) is 13.8 Å². The number of hydrogen-bond donors (Lipinski definition) is 2. The van der Waals surface area contributed by atoms with Gasteiger partial charge in [-0.2, -0.15) is 0 Å². The first kappa shape index (κ1) is 14.4. The van der Waals surface area contributed by atoms with Gasteiger partial charge in [0.05, 0.1) is 6.54 Å². The maximum Gasteiger partial charge on any atom is 0.323 e. The van der Waals surface area contributed by atoms with Crippen LogP contribution in [0.5, 0.6) is 0 Å². The molecule has 92 valence electrons. The Kier molecular flexibility index (Phi) is 6.09. The summed E-state index contributed by atoms with van der Waals surface area (Å²) >= 11 is 0. The van der Waals surface area contributed by atoms with Gasteiger partial charge in [-0.25, -0.2) is 5.84 Å². The van der Waals surface area contributed by atoms with Crippen LogP contribution in [-0.2, 0) is 14.4 Å². The molecule has 0 aliphatic carbocycles. The molecule has 0 atom stereocenters. The predicted molar refractivity (Wildman–Crippen MR) is 57.9 cm³/mol. The van der Waals surface area contributed by atoms with Crippen LogP contribution in [0.15, 0.2) is 0 Å². The summed E-state index contributed by atoms with van der Waals surface area (Å²) in [5, 5.41) is 0. The average Bonchev–Trinajstić information content (AvgIpc) is 2.28. The number of amides is 3. The van der Waals surface area contributed by atoms with E-state index < -0.39 is 11.8 Å². The molecule has 0 radical (unpaired) electrons. The molecule has 7 nitrogen and oxygen atoms in total. The molecule has 0 fully saturated rings. The van der Waals surface area contributed by atoms with Gasteiger partial charge in [-0.1, -0.05) is 0 Å². The van der Waals surface area contributed by atoms with Crippen molar-refractivity contribution in [3.8, 4) is 0 Å². The highest BCUT2D eigenvalue weighted by Crippen LogP contribution is 1.93. The van der Waals surface area contributed by atoms with Crippen molar-refractivity contribution in [3.63, 3.8) is 0 Å². The van der Waals surface area contributed by atoms with E-state index in [-0.39, 0.29) is 12.5 Å². The molecule has 0 aromatic carbocycles. The van der Waals surface area contributed by atoms with Crippen LogP contribution >= 0.6 is 0 Å². The molecule has 0 aliphatic rings. The van der Waals surface area contributed by atoms with Crippen molar-refractivity contribution in [1.82, 2.24) is 15.2 Å². The largest absolute Gasteiger partial charge is 0.342 e. The van der Waals surface area contributed by atoms with Crippen molar-refractivity contribution in [2.75, 3.05) is 26.7 Å². The van der Waals surface area contributed by atoms with Gasteiger partial charge in [0.2, 0.25) is 5.91 Å². The normalized spacial score (nSPS) is 9.50. The molecule has 0 rings (SSSR count). The summed E-state index contributed by atoms with van der Waals surface area (Å²) in [6.45, 7) is 4.69. The first-order chi connectivity index (χ1) is 7.47. The Balaban J connectivity index is 4.34. The summed E-state index contributed by atoms with van der Waals surface area (Å²) in [5.74, 6) is 2.84. The Hall–Kier alpha value is -1.63. The lowest BCUT2D eigenvalue weighted by Gasteiger charge is -2.22. The number of carbonyl (C=O) groups is 3. The topological polar surface area (TPSA) is 95.7 Å². The van der Waals surface area contributed by atoms with Crippen molar-refractivity contribution >= 4 is 17.7 Å². The van der Waals surface area contributed by atoms with Crippen molar-refractivity contribution in [3.05, 3.63) is 0 Å². The van der Waals surface area contributed by atoms with Crippen LogP contribution in [0.1, 0.15) is 13.8 Å². The minimum absolute atomic E-state index is 0.131. The molecule has 0 saturated heterocycles. The molecule has 3 N–H and O–H groups in total. The van der Waals surface area contributed by atoms with Gasteiger partial charge in [0.15, 0.2) is 0 Å². The van der Waals surface area contributed by atoms with Gasteiger partial charge in [0.25, 0.3) is 0 Å². The first-order valence-corrected chi connectivity index (χ1v) is 5.01. The van der Waals surface area contributed by atoms with Gasteiger partial charge in [0, 0.05) is 20.1 Å². The third kappa shape index (κ3) is 3.85. The van der Waals surface area contributed by atoms with Gasteiger partial charge in [-0.3, -0.25) is 19.8 Å². The van der Waals surface area contributed by atoms with E-state index in [1.807, 2.05) is 13.8 Å². The molecule has 3 amide bonds. The van der Waals surface area contributed by atoms with Crippen LogP contribution in [0.3, 0.4) is 0 Å². The maximum atomic E-state index is 11.6. The molecule has 0 unspecified atom stereocenters. The molecule has 0 aliphatic heterocycles. The van der Waals surface area contributed by atoms with E-state index >= 15 is 0 Å². The molecule has 16 heavy (non-hydrogen) atoms. The lowest BCUT2D eigenvalue weighted by Crippen LogP contribution is -2.47. The number of hydrogen-bond acceptors (Lipinski definition) is 4. The Labute approximate surface area is 94.5 Å². The summed E-state index contributed by atoms with van der Waals surface area (Å²) in [6.07, 6.45) is 0. The fourth-order valence-corrected chi connectivity index (χ4v) is 1.19. The molecular weight excluding hydrogens is 212 g/mol. The minimum Gasteiger partial charge on any atom is -0.342 e. The van der Waals surface area contributed by atoms with Crippen LogP contribution in [0.25, 0.3) is 0 Å².